The molecule has 0 bridgehead atoms. The number of hydrogen-bond acceptors (Lipinski definition) is 3. The molecule has 0 N–H and O–H groups in total. The number of carbonyl (C=O) groups excluding carboxylic acids is 1. The minimum absolute atomic E-state index is 0.247. The Labute approximate surface area is 112 Å². The van der Waals surface area contributed by atoms with Gasteiger partial charge in [0.1, 0.15) is 11.4 Å². The first-order chi connectivity index (χ1) is 9.27. The highest BCUT2D eigenvalue weighted by Gasteiger charge is 2.43. The molecule has 1 saturated carbocycles. The molecule has 1 aliphatic carbocycles. The molecule has 0 atom stereocenters. The van der Waals surface area contributed by atoms with Crippen molar-refractivity contribution in [2.75, 3.05) is 18.0 Å². The average molecular weight is 260 g/mol. The van der Waals surface area contributed by atoms with E-state index in [0.29, 0.717) is 5.56 Å². The molecule has 0 aromatic heterocycles. The maximum Gasteiger partial charge on any atom is 0.235 e. The number of benzene rings is 1. The largest absolute Gasteiger partial charge is 0.371 e. The summed E-state index contributed by atoms with van der Waals surface area (Å²) in [6.07, 6.45) is 6.39. The SMILES string of the molecule is O=C=NC1(c2c(F)cccc2N2CCCC2)CCC1. The Bertz CT molecular complexity index is 527. The van der Waals surface area contributed by atoms with Gasteiger partial charge in [0.05, 0.1) is 0 Å². The van der Waals surface area contributed by atoms with E-state index in [9.17, 15) is 9.18 Å². The number of isocyanates is 1. The zero-order valence-corrected chi connectivity index (χ0v) is 10.9. The first kappa shape index (κ1) is 12.4. The van der Waals surface area contributed by atoms with Crippen LogP contribution in [-0.4, -0.2) is 19.2 Å². The maximum atomic E-state index is 14.3. The molecule has 0 spiro atoms. The fraction of sp³-hybridized carbons (Fsp3) is 0.533. The number of nitrogens with zero attached hydrogens (tertiary/aromatic N) is 2. The Morgan fingerprint density at radius 3 is 2.53 bits per heavy atom. The topological polar surface area (TPSA) is 32.7 Å². The summed E-state index contributed by atoms with van der Waals surface area (Å²) in [5.74, 6) is -0.247. The van der Waals surface area contributed by atoms with Gasteiger partial charge in [-0.25, -0.2) is 9.18 Å². The van der Waals surface area contributed by atoms with Crippen LogP contribution in [0.25, 0.3) is 0 Å². The van der Waals surface area contributed by atoms with Crippen molar-refractivity contribution < 1.29 is 9.18 Å². The van der Waals surface area contributed by atoms with Gasteiger partial charge >= 0.3 is 0 Å². The Balaban J connectivity index is 2.10. The van der Waals surface area contributed by atoms with Crippen molar-refractivity contribution in [3.05, 3.63) is 29.6 Å². The van der Waals surface area contributed by atoms with E-state index < -0.39 is 5.54 Å². The van der Waals surface area contributed by atoms with Gasteiger partial charge in [0.25, 0.3) is 0 Å². The van der Waals surface area contributed by atoms with Crippen LogP contribution in [0.1, 0.15) is 37.7 Å². The summed E-state index contributed by atoms with van der Waals surface area (Å²) in [6, 6.07) is 5.16. The van der Waals surface area contributed by atoms with Crippen LogP contribution in [0.5, 0.6) is 0 Å². The van der Waals surface area contributed by atoms with Gasteiger partial charge in [-0.15, -0.1) is 0 Å². The number of halogens is 1. The van der Waals surface area contributed by atoms with Gasteiger partial charge in [-0.3, -0.25) is 0 Å². The molecule has 1 saturated heterocycles. The Morgan fingerprint density at radius 2 is 1.95 bits per heavy atom. The quantitative estimate of drug-likeness (QED) is 0.618. The van der Waals surface area contributed by atoms with Crippen LogP contribution < -0.4 is 4.90 Å². The third-order valence-corrected chi connectivity index (χ3v) is 4.34. The second kappa shape index (κ2) is 4.78. The van der Waals surface area contributed by atoms with E-state index in [1.807, 2.05) is 6.07 Å². The van der Waals surface area contributed by atoms with Gasteiger partial charge < -0.3 is 4.90 Å². The molecule has 1 heterocycles. The third-order valence-electron chi connectivity index (χ3n) is 4.34. The van der Waals surface area contributed by atoms with E-state index >= 15 is 0 Å². The van der Waals surface area contributed by atoms with E-state index in [1.165, 1.54) is 6.07 Å². The molecule has 100 valence electrons. The molecule has 4 heteroatoms. The third kappa shape index (κ3) is 1.96. The molecule has 0 unspecified atom stereocenters. The Hall–Kier alpha value is -1.67. The summed E-state index contributed by atoms with van der Waals surface area (Å²) in [6.45, 7) is 1.91. The lowest BCUT2D eigenvalue weighted by Crippen LogP contribution is -2.35. The molecule has 19 heavy (non-hydrogen) atoms. The highest BCUT2D eigenvalue weighted by Crippen LogP contribution is 2.49. The summed E-state index contributed by atoms with van der Waals surface area (Å²) in [5.41, 5.74) is 0.855. The number of rotatable bonds is 3. The number of hydrogen-bond donors (Lipinski definition) is 0. The smallest absolute Gasteiger partial charge is 0.235 e. The molecule has 1 aromatic rings. The fourth-order valence-corrected chi connectivity index (χ4v) is 3.21. The second-order valence-electron chi connectivity index (χ2n) is 5.42. The van der Waals surface area contributed by atoms with Crippen molar-refractivity contribution in [2.24, 2.45) is 4.99 Å². The lowest BCUT2D eigenvalue weighted by Gasteiger charge is -2.39. The minimum atomic E-state index is -0.662. The van der Waals surface area contributed by atoms with Crippen molar-refractivity contribution in [1.29, 1.82) is 0 Å². The standard InChI is InChI=1S/C15H17FN2O/c16-12-5-3-6-13(18-9-1-2-10-18)14(12)15(17-11-19)7-4-8-15/h3,5-6H,1-2,4,7-10H2. The Kier molecular flexibility index (Phi) is 3.11. The zero-order valence-electron chi connectivity index (χ0n) is 10.9. The normalized spacial score (nSPS) is 20.8. The van der Waals surface area contributed by atoms with Crippen molar-refractivity contribution in [3.63, 3.8) is 0 Å². The van der Waals surface area contributed by atoms with Crippen LogP contribution >= 0.6 is 0 Å². The lowest BCUT2D eigenvalue weighted by molar-refractivity contribution is 0.248. The van der Waals surface area contributed by atoms with Gasteiger partial charge in [0.15, 0.2) is 0 Å². The predicted molar refractivity (Wildman–Crippen MR) is 71.5 cm³/mol. The zero-order chi connectivity index (χ0) is 13.3. The van der Waals surface area contributed by atoms with Crippen molar-refractivity contribution in [1.82, 2.24) is 0 Å². The molecule has 1 aromatic carbocycles. The van der Waals surface area contributed by atoms with Crippen LogP contribution in [0.3, 0.4) is 0 Å². The summed E-state index contributed by atoms with van der Waals surface area (Å²) in [4.78, 5) is 16.9. The predicted octanol–water partition coefficient (Wildman–Crippen LogP) is 3.14. The molecule has 2 fully saturated rings. The van der Waals surface area contributed by atoms with Gasteiger partial charge in [-0.2, -0.15) is 4.99 Å². The van der Waals surface area contributed by atoms with E-state index in [2.05, 4.69) is 9.89 Å². The van der Waals surface area contributed by atoms with Gasteiger partial charge in [0.2, 0.25) is 6.08 Å². The summed E-state index contributed by atoms with van der Waals surface area (Å²) in [7, 11) is 0. The first-order valence-electron chi connectivity index (χ1n) is 6.90. The van der Waals surface area contributed by atoms with E-state index in [0.717, 1.165) is 50.9 Å². The molecular formula is C15H17FN2O. The van der Waals surface area contributed by atoms with Crippen LogP contribution in [0, 0.1) is 5.82 Å². The van der Waals surface area contributed by atoms with Crippen LogP contribution in [0.4, 0.5) is 10.1 Å². The first-order valence-corrected chi connectivity index (χ1v) is 6.90. The van der Waals surface area contributed by atoms with Gasteiger partial charge in [-0.1, -0.05) is 6.07 Å². The molecule has 1 aliphatic heterocycles. The summed E-state index contributed by atoms with van der Waals surface area (Å²) < 4.78 is 14.3. The maximum absolute atomic E-state index is 14.3. The number of anilines is 1. The van der Waals surface area contributed by atoms with Crippen molar-refractivity contribution in [3.8, 4) is 0 Å². The van der Waals surface area contributed by atoms with Crippen LogP contribution in [-0.2, 0) is 10.3 Å². The van der Waals surface area contributed by atoms with Gasteiger partial charge in [-0.05, 0) is 44.2 Å². The van der Waals surface area contributed by atoms with E-state index in [4.69, 9.17) is 0 Å². The molecule has 3 nitrogen and oxygen atoms in total. The second-order valence-corrected chi connectivity index (χ2v) is 5.42. The van der Waals surface area contributed by atoms with Crippen molar-refractivity contribution >= 4 is 11.8 Å². The van der Waals surface area contributed by atoms with Crippen molar-refractivity contribution in [2.45, 2.75) is 37.6 Å². The lowest BCUT2D eigenvalue weighted by atomic mass is 9.71. The van der Waals surface area contributed by atoms with E-state index in [-0.39, 0.29) is 5.82 Å². The summed E-state index contributed by atoms with van der Waals surface area (Å²) >= 11 is 0. The van der Waals surface area contributed by atoms with Crippen LogP contribution in [0.15, 0.2) is 23.2 Å². The average Bonchev–Trinajstić information content (AvgIpc) is 2.88. The molecule has 3 rings (SSSR count). The minimum Gasteiger partial charge on any atom is -0.371 e. The Morgan fingerprint density at radius 1 is 1.21 bits per heavy atom. The van der Waals surface area contributed by atoms with Gasteiger partial charge in [0, 0.05) is 24.3 Å². The highest BCUT2D eigenvalue weighted by molar-refractivity contribution is 5.59. The fourth-order valence-electron chi connectivity index (χ4n) is 3.21. The molecule has 0 radical (unpaired) electrons. The molecular weight excluding hydrogens is 243 g/mol. The molecule has 2 aliphatic rings. The highest BCUT2D eigenvalue weighted by atomic mass is 19.1. The molecule has 0 amide bonds. The van der Waals surface area contributed by atoms with E-state index in [1.54, 1.807) is 12.1 Å². The monoisotopic (exact) mass is 260 g/mol. The van der Waals surface area contributed by atoms with Crippen LogP contribution in [0.2, 0.25) is 0 Å². The number of aliphatic imine (C=N–C) groups is 1. The summed E-state index contributed by atoms with van der Waals surface area (Å²) in [5, 5.41) is 0.